The van der Waals surface area contributed by atoms with E-state index in [0.29, 0.717) is 11.1 Å². The Hall–Kier alpha value is -6.21. The van der Waals surface area contributed by atoms with Crippen molar-refractivity contribution in [3.05, 3.63) is 120 Å². The summed E-state index contributed by atoms with van der Waals surface area (Å²) in [6, 6.07) is 16.8. The van der Waals surface area contributed by atoms with Crippen LogP contribution in [0.4, 0.5) is 0 Å². The number of hydrogen-bond acceptors (Lipinski definition) is 10. The van der Waals surface area contributed by atoms with E-state index in [9.17, 15) is 24.0 Å². The second-order valence-corrected chi connectivity index (χ2v) is 8.52. The zero-order chi connectivity index (χ0) is 31.9. The van der Waals surface area contributed by atoms with Gasteiger partial charge in [-0.25, -0.2) is 19.2 Å². The lowest BCUT2D eigenvalue weighted by Crippen LogP contribution is -2.10. The molecule has 0 spiro atoms. The summed E-state index contributed by atoms with van der Waals surface area (Å²) in [5.74, 6) is 3.04. The van der Waals surface area contributed by atoms with Crippen LogP contribution >= 0.6 is 0 Å². The number of ether oxygens (including phenoxy) is 5. The van der Waals surface area contributed by atoms with E-state index in [1.165, 1.54) is 49.6 Å². The summed E-state index contributed by atoms with van der Waals surface area (Å²) in [6.45, 7) is 6.08. The molecule has 10 nitrogen and oxygen atoms in total. The Kier molecular flexibility index (Phi) is 12.0. The van der Waals surface area contributed by atoms with Gasteiger partial charge in [-0.3, -0.25) is 4.79 Å². The van der Waals surface area contributed by atoms with Gasteiger partial charge in [-0.05, 0) is 66.2 Å². The third-order valence-electron chi connectivity index (χ3n) is 5.52. The van der Waals surface area contributed by atoms with E-state index in [1.807, 2.05) is 0 Å². The van der Waals surface area contributed by atoms with Gasteiger partial charge in [0.15, 0.2) is 17.3 Å². The van der Waals surface area contributed by atoms with Crippen LogP contribution < -0.4 is 14.2 Å². The van der Waals surface area contributed by atoms with Crippen molar-refractivity contribution in [2.24, 2.45) is 0 Å². The van der Waals surface area contributed by atoms with Crippen molar-refractivity contribution in [2.45, 2.75) is 6.42 Å². The molecule has 0 heterocycles. The molecule has 0 atom stereocenters. The first-order chi connectivity index (χ1) is 21.2. The number of ketones is 1. The fourth-order valence-corrected chi connectivity index (χ4v) is 3.26. The van der Waals surface area contributed by atoms with E-state index in [2.05, 4.69) is 29.7 Å². The van der Waals surface area contributed by atoms with Crippen molar-refractivity contribution in [1.29, 1.82) is 0 Å². The molecule has 0 fully saturated rings. The van der Waals surface area contributed by atoms with Crippen LogP contribution in [0.15, 0.2) is 98.1 Å². The van der Waals surface area contributed by atoms with Crippen molar-refractivity contribution in [3.63, 3.8) is 0 Å². The first kappa shape index (κ1) is 32.3. The van der Waals surface area contributed by atoms with Crippen LogP contribution in [-0.4, -0.2) is 43.6 Å². The molecule has 0 aromatic heterocycles. The lowest BCUT2D eigenvalue weighted by Gasteiger charge is -2.11. The van der Waals surface area contributed by atoms with Gasteiger partial charge in [0.25, 0.3) is 0 Å². The molecule has 0 aliphatic heterocycles. The predicted molar refractivity (Wildman–Crippen MR) is 159 cm³/mol. The lowest BCUT2D eigenvalue weighted by atomic mass is 10.1. The van der Waals surface area contributed by atoms with Crippen LogP contribution in [0.5, 0.6) is 17.2 Å². The lowest BCUT2D eigenvalue weighted by molar-refractivity contribution is -0.160. The SMILES string of the molecule is C=CC(=O)CC#Cc1ccc(C(=O)Oc2ccc(OC(=O)c3ccc(/C=C/C(=O)OCOC(=O)C=C)cc3)c(OC)c2)cc1. The number of esters is 4. The molecule has 0 saturated heterocycles. The molecule has 3 aromatic rings. The monoisotopic (exact) mass is 594 g/mol. The molecular weight excluding hydrogens is 568 g/mol. The van der Waals surface area contributed by atoms with Gasteiger partial charge in [0, 0.05) is 23.8 Å². The first-order valence-electron chi connectivity index (χ1n) is 12.8. The highest BCUT2D eigenvalue weighted by Crippen LogP contribution is 2.32. The highest BCUT2D eigenvalue weighted by atomic mass is 16.7. The summed E-state index contributed by atoms with van der Waals surface area (Å²) < 4.78 is 25.5. The second kappa shape index (κ2) is 16.3. The highest BCUT2D eigenvalue weighted by Gasteiger charge is 2.15. The normalized spacial score (nSPS) is 10.0. The minimum atomic E-state index is -0.732. The van der Waals surface area contributed by atoms with E-state index >= 15 is 0 Å². The van der Waals surface area contributed by atoms with Crippen LogP contribution in [-0.2, 0) is 23.9 Å². The average Bonchev–Trinajstić information content (AvgIpc) is 3.04. The fourth-order valence-electron chi connectivity index (χ4n) is 3.26. The number of carbonyl (C=O) groups is 5. The number of carbonyl (C=O) groups excluding carboxylic acids is 5. The van der Waals surface area contributed by atoms with Crippen LogP contribution in [0.1, 0.15) is 38.3 Å². The Morgan fingerprint density at radius 1 is 0.750 bits per heavy atom. The molecule has 0 aliphatic rings. The molecule has 0 amide bonds. The smallest absolute Gasteiger partial charge is 0.343 e. The fraction of sp³-hybridized carbons (Fsp3) is 0.0882. The Morgan fingerprint density at radius 3 is 2.02 bits per heavy atom. The summed E-state index contributed by atoms with van der Waals surface area (Å²) in [6.07, 6.45) is 4.80. The summed E-state index contributed by atoms with van der Waals surface area (Å²) in [5.41, 5.74) is 1.71. The molecule has 44 heavy (non-hydrogen) atoms. The van der Waals surface area contributed by atoms with Crippen molar-refractivity contribution < 1.29 is 47.7 Å². The molecule has 0 bridgehead atoms. The first-order valence-corrected chi connectivity index (χ1v) is 12.8. The number of benzene rings is 3. The van der Waals surface area contributed by atoms with Gasteiger partial charge >= 0.3 is 23.9 Å². The number of rotatable bonds is 12. The van der Waals surface area contributed by atoms with Gasteiger partial charge in [0.2, 0.25) is 6.79 Å². The van der Waals surface area contributed by atoms with Crippen LogP contribution in [0.3, 0.4) is 0 Å². The maximum absolute atomic E-state index is 12.7. The maximum Gasteiger partial charge on any atom is 0.343 e. The maximum atomic E-state index is 12.7. The topological polar surface area (TPSA) is 132 Å². The minimum absolute atomic E-state index is 0.0595. The Labute approximate surface area is 253 Å². The molecule has 0 saturated carbocycles. The molecule has 3 rings (SSSR count). The van der Waals surface area contributed by atoms with Gasteiger partial charge in [-0.15, -0.1) is 0 Å². The molecule has 3 aromatic carbocycles. The van der Waals surface area contributed by atoms with Crippen LogP contribution in [0, 0.1) is 11.8 Å². The quantitative estimate of drug-likeness (QED) is 0.0940. The van der Waals surface area contributed by atoms with Crippen LogP contribution in [0.2, 0.25) is 0 Å². The second-order valence-electron chi connectivity index (χ2n) is 8.52. The third kappa shape index (κ3) is 10.0. The molecule has 222 valence electrons. The summed E-state index contributed by atoms with van der Waals surface area (Å²) in [5, 5.41) is 0. The number of allylic oxidation sites excluding steroid dienone is 1. The van der Waals surface area contributed by atoms with Crippen molar-refractivity contribution in [3.8, 4) is 29.1 Å². The standard InChI is InChI=1S/C34H26O10/c1-4-27(35)8-6-7-23-9-14-25(15-10-23)33(38)43-28-18-19-29(30(21-28)40-3)44-34(39)26-16-11-24(12-17-26)13-20-32(37)42-22-41-31(36)5-2/h4-5,9-21H,1-2,8,22H2,3H3/b20-13+. The van der Waals surface area contributed by atoms with Crippen molar-refractivity contribution in [2.75, 3.05) is 13.9 Å². The molecule has 10 heteroatoms. The highest BCUT2D eigenvalue weighted by molar-refractivity contribution is 5.93. The molecule has 0 unspecified atom stereocenters. The van der Waals surface area contributed by atoms with E-state index in [0.717, 1.165) is 12.2 Å². The van der Waals surface area contributed by atoms with E-state index in [4.69, 9.17) is 18.9 Å². The zero-order valence-electron chi connectivity index (χ0n) is 23.6. The summed E-state index contributed by atoms with van der Waals surface area (Å²) in [4.78, 5) is 59.2. The number of hydrogen-bond donors (Lipinski definition) is 0. The van der Waals surface area contributed by atoms with Gasteiger partial charge in [-0.2, -0.15) is 0 Å². The number of methoxy groups -OCH3 is 1. The molecule has 0 radical (unpaired) electrons. The van der Waals surface area contributed by atoms with Crippen molar-refractivity contribution in [1.82, 2.24) is 0 Å². The summed E-state index contributed by atoms with van der Waals surface area (Å²) in [7, 11) is 1.37. The molecule has 0 N–H and O–H groups in total. The molecule has 0 aliphatic carbocycles. The van der Waals surface area contributed by atoms with Crippen molar-refractivity contribution >= 4 is 35.7 Å². The summed E-state index contributed by atoms with van der Waals surface area (Å²) >= 11 is 0. The van der Waals surface area contributed by atoms with Gasteiger partial charge < -0.3 is 23.7 Å². The van der Waals surface area contributed by atoms with Gasteiger partial charge in [0.05, 0.1) is 24.7 Å². The van der Waals surface area contributed by atoms with E-state index in [1.54, 1.807) is 36.4 Å². The average molecular weight is 595 g/mol. The van der Waals surface area contributed by atoms with E-state index in [-0.39, 0.29) is 40.6 Å². The Bertz CT molecular complexity index is 1650. The zero-order valence-corrected chi connectivity index (χ0v) is 23.6. The Morgan fingerprint density at radius 2 is 1.39 bits per heavy atom. The van der Waals surface area contributed by atoms with Gasteiger partial charge in [-0.1, -0.05) is 37.1 Å². The largest absolute Gasteiger partial charge is 0.493 e. The predicted octanol–water partition coefficient (Wildman–Crippen LogP) is 4.87. The third-order valence-corrected chi connectivity index (χ3v) is 5.52. The minimum Gasteiger partial charge on any atom is -0.493 e. The van der Waals surface area contributed by atoms with Gasteiger partial charge in [0.1, 0.15) is 5.75 Å². The van der Waals surface area contributed by atoms with Crippen LogP contribution in [0.25, 0.3) is 6.08 Å². The van der Waals surface area contributed by atoms with E-state index < -0.39 is 30.7 Å². The molecular formula is C34H26O10. The Balaban J connectivity index is 1.57.